The summed E-state index contributed by atoms with van der Waals surface area (Å²) in [7, 11) is 0. The molecule has 23 heavy (non-hydrogen) atoms. The number of amides is 1. The lowest BCUT2D eigenvalue weighted by Gasteiger charge is -2.28. The maximum atomic E-state index is 12.9. The van der Waals surface area contributed by atoms with Crippen molar-refractivity contribution >= 4 is 5.91 Å². The Bertz CT molecular complexity index is 538. The predicted molar refractivity (Wildman–Crippen MR) is 91.9 cm³/mol. The van der Waals surface area contributed by atoms with Crippen LogP contribution < -0.4 is 5.32 Å². The summed E-state index contributed by atoms with van der Waals surface area (Å²) in [5.74, 6) is 2.07. The first kappa shape index (κ1) is 15.2. The zero-order valence-corrected chi connectivity index (χ0v) is 13.9. The molecule has 4 atom stereocenters. The molecule has 124 valence electrons. The van der Waals surface area contributed by atoms with Gasteiger partial charge in [0.05, 0.1) is 6.04 Å². The summed E-state index contributed by atoms with van der Waals surface area (Å²) in [6.45, 7) is 3.30. The molecular weight excluding hydrogens is 284 g/mol. The van der Waals surface area contributed by atoms with Crippen LogP contribution in [0.2, 0.25) is 0 Å². The zero-order chi connectivity index (χ0) is 15.6. The Hall–Kier alpha value is -1.35. The second-order valence-corrected chi connectivity index (χ2v) is 7.76. The van der Waals surface area contributed by atoms with Gasteiger partial charge in [-0.25, -0.2) is 0 Å². The summed E-state index contributed by atoms with van der Waals surface area (Å²) in [4.78, 5) is 15.4. The van der Waals surface area contributed by atoms with Crippen LogP contribution in [0.5, 0.6) is 0 Å². The Kier molecular flexibility index (Phi) is 4.39. The van der Waals surface area contributed by atoms with Crippen LogP contribution in [0.25, 0.3) is 0 Å². The van der Waals surface area contributed by atoms with Crippen LogP contribution in [0.1, 0.15) is 50.1 Å². The van der Waals surface area contributed by atoms with E-state index in [-0.39, 0.29) is 12.0 Å². The lowest BCUT2D eigenvalue weighted by molar-refractivity contribution is -0.127. The van der Waals surface area contributed by atoms with Gasteiger partial charge >= 0.3 is 0 Å². The van der Waals surface area contributed by atoms with E-state index in [0.29, 0.717) is 11.8 Å². The third kappa shape index (κ3) is 3.30. The lowest BCUT2D eigenvalue weighted by Crippen LogP contribution is -2.41. The number of rotatable bonds is 5. The van der Waals surface area contributed by atoms with Crippen molar-refractivity contribution in [3.63, 3.8) is 0 Å². The minimum absolute atomic E-state index is 0.140. The van der Waals surface area contributed by atoms with Gasteiger partial charge in [-0.2, -0.15) is 0 Å². The van der Waals surface area contributed by atoms with E-state index in [9.17, 15) is 4.79 Å². The quantitative estimate of drug-likeness (QED) is 0.904. The van der Waals surface area contributed by atoms with E-state index in [0.717, 1.165) is 18.9 Å². The SMILES string of the molecule is O=C(NC(CN1CCCC1)c1ccccc1)C1CC2CCC1C2. The molecule has 2 aliphatic carbocycles. The molecule has 1 aromatic carbocycles. The molecule has 3 fully saturated rings. The van der Waals surface area contributed by atoms with Crippen molar-refractivity contribution in [3.8, 4) is 0 Å². The van der Waals surface area contributed by atoms with Crippen LogP contribution in [-0.2, 0) is 4.79 Å². The maximum Gasteiger partial charge on any atom is 0.223 e. The minimum atomic E-state index is 0.140. The number of fused-ring (bicyclic) bond motifs is 2. The fraction of sp³-hybridized carbons (Fsp3) is 0.650. The average Bonchev–Trinajstić information content (AvgIpc) is 3.33. The second kappa shape index (κ2) is 6.64. The number of likely N-dealkylation sites (tertiary alicyclic amines) is 1. The van der Waals surface area contributed by atoms with Crippen molar-refractivity contribution in [3.05, 3.63) is 35.9 Å². The molecule has 4 unspecified atom stereocenters. The molecule has 1 amide bonds. The van der Waals surface area contributed by atoms with Gasteiger partial charge in [0.1, 0.15) is 0 Å². The van der Waals surface area contributed by atoms with Crippen LogP contribution in [0, 0.1) is 17.8 Å². The number of benzene rings is 1. The van der Waals surface area contributed by atoms with Crippen molar-refractivity contribution in [1.29, 1.82) is 0 Å². The first-order valence-electron chi connectivity index (χ1n) is 9.37. The Morgan fingerprint density at radius 1 is 1.13 bits per heavy atom. The van der Waals surface area contributed by atoms with E-state index < -0.39 is 0 Å². The molecule has 1 aromatic rings. The van der Waals surface area contributed by atoms with Gasteiger partial charge in [0, 0.05) is 12.5 Å². The number of carbonyl (C=O) groups is 1. The standard InChI is InChI=1S/C20H28N2O/c23-20(18-13-15-8-9-17(18)12-15)21-19(14-22-10-4-5-11-22)16-6-2-1-3-7-16/h1-3,6-7,15,17-19H,4-5,8-14H2,(H,21,23). The Morgan fingerprint density at radius 2 is 1.91 bits per heavy atom. The van der Waals surface area contributed by atoms with Gasteiger partial charge < -0.3 is 10.2 Å². The summed E-state index contributed by atoms with van der Waals surface area (Å²) < 4.78 is 0. The zero-order valence-electron chi connectivity index (χ0n) is 13.9. The van der Waals surface area contributed by atoms with Crippen LogP contribution in [0.4, 0.5) is 0 Å². The molecule has 3 heteroatoms. The highest BCUT2D eigenvalue weighted by molar-refractivity contribution is 5.80. The third-order valence-electron chi connectivity index (χ3n) is 6.23. The predicted octanol–water partition coefficient (Wildman–Crippen LogP) is 3.38. The minimum Gasteiger partial charge on any atom is -0.348 e. The van der Waals surface area contributed by atoms with Gasteiger partial charge in [0.2, 0.25) is 5.91 Å². The van der Waals surface area contributed by atoms with Gasteiger partial charge in [-0.15, -0.1) is 0 Å². The number of hydrogen-bond donors (Lipinski definition) is 1. The van der Waals surface area contributed by atoms with Crippen molar-refractivity contribution in [2.75, 3.05) is 19.6 Å². The van der Waals surface area contributed by atoms with Gasteiger partial charge in [0.15, 0.2) is 0 Å². The van der Waals surface area contributed by atoms with E-state index in [1.807, 2.05) is 6.07 Å². The Labute approximate surface area is 139 Å². The van der Waals surface area contributed by atoms with Crippen molar-refractivity contribution < 1.29 is 4.79 Å². The molecule has 2 bridgehead atoms. The number of nitrogens with zero attached hydrogens (tertiary/aromatic N) is 1. The molecule has 2 saturated carbocycles. The van der Waals surface area contributed by atoms with E-state index in [1.54, 1.807) is 0 Å². The van der Waals surface area contributed by atoms with Gasteiger partial charge in [0.25, 0.3) is 0 Å². The summed E-state index contributed by atoms with van der Waals surface area (Å²) in [5.41, 5.74) is 1.25. The van der Waals surface area contributed by atoms with E-state index >= 15 is 0 Å². The molecule has 1 saturated heterocycles. The van der Waals surface area contributed by atoms with Crippen molar-refractivity contribution in [2.45, 2.75) is 44.6 Å². The fourth-order valence-electron chi connectivity index (χ4n) is 4.99. The molecule has 4 rings (SSSR count). The highest BCUT2D eigenvalue weighted by Gasteiger charge is 2.43. The van der Waals surface area contributed by atoms with Crippen molar-refractivity contribution in [1.82, 2.24) is 10.2 Å². The number of nitrogens with one attached hydrogen (secondary N) is 1. The molecular formula is C20H28N2O. The molecule has 1 aliphatic heterocycles. The van der Waals surface area contributed by atoms with Crippen molar-refractivity contribution in [2.24, 2.45) is 17.8 Å². The lowest BCUT2D eigenvalue weighted by atomic mass is 9.88. The molecule has 3 nitrogen and oxygen atoms in total. The summed E-state index contributed by atoms with van der Waals surface area (Å²) in [6.07, 6.45) is 7.63. The van der Waals surface area contributed by atoms with Gasteiger partial charge in [-0.1, -0.05) is 36.8 Å². The first-order chi connectivity index (χ1) is 11.3. The largest absolute Gasteiger partial charge is 0.348 e. The summed E-state index contributed by atoms with van der Waals surface area (Å²) in [6, 6.07) is 10.7. The normalized spacial score (nSPS) is 31.4. The van der Waals surface area contributed by atoms with E-state index in [1.165, 1.54) is 50.8 Å². The highest BCUT2D eigenvalue weighted by atomic mass is 16.2. The van der Waals surface area contributed by atoms with Crippen LogP contribution >= 0.6 is 0 Å². The van der Waals surface area contributed by atoms with Gasteiger partial charge in [-0.3, -0.25) is 4.79 Å². The smallest absolute Gasteiger partial charge is 0.223 e. The molecule has 0 spiro atoms. The molecule has 0 radical (unpaired) electrons. The van der Waals surface area contributed by atoms with E-state index in [2.05, 4.69) is 34.5 Å². The number of carbonyl (C=O) groups excluding carboxylic acids is 1. The van der Waals surface area contributed by atoms with Crippen LogP contribution in [-0.4, -0.2) is 30.4 Å². The second-order valence-electron chi connectivity index (χ2n) is 7.76. The van der Waals surface area contributed by atoms with Crippen LogP contribution in [0.3, 0.4) is 0 Å². The average molecular weight is 312 g/mol. The number of hydrogen-bond acceptors (Lipinski definition) is 2. The highest BCUT2D eigenvalue weighted by Crippen LogP contribution is 2.48. The van der Waals surface area contributed by atoms with Crippen LogP contribution in [0.15, 0.2) is 30.3 Å². The molecule has 1 heterocycles. The summed E-state index contributed by atoms with van der Waals surface area (Å²) in [5, 5.41) is 3.41. The topological polar surface area (TPSA) is 32.3 Å². The Balaban J connectivity index is 1.45. The Morgan fingerprint density at radius 3 is 2.57 bits per heavy atom. The monoisotopic (exact) mass is 312 g/mol. The van der Waals surface area contributed by atoms with Gasteiger partial charge in [-0.05, 0) is 62.6 Å². The van der Waals surface area contributed by atoms with E-state index in [4.69, 9.17) is 0 Å². The third-order valence-corrected chi connectivity index (χ3v) is 6.23. The molecule has 3 aliphatic rings. The first-order valence-corrected chi connectivity index (χ1v) is 9.37. The molecule has 0 aromatic heterocycles. The fourth-order valence-corrected chi connectivity index (χ4v) is 4.99. The molecule has 1 N–H and O–H groups in total. The maximum absolute atomic E-state index is 12.9. The summed E-state index contributed by atoms with van der Waals surface area (Å²) >= 11 is 0.